The van der Waals surface area contributed by atoms with Gasteiger partial charge >= 0.3 is 0 Å². The SMILES string of the molecule is Cc1cccc(C)c1-n1nnnc1[C@@H]1CC[C@@H](CO)N1Cc1ccccc1. The van der Waals surface area contributed by atoms with E-state index in [0.717, 1.165) is 42.0 Å². The number of aryl methyl sites for hydroxylation is 2. The lowest BCUT2D eigenvalue weighted by atomic mass is 10.1. The van der Waals surface area contributed by atoms with Crippen LogP contribution in [0, 0.1) is 13.8 Å². The van der Waals surface area contributed by atoms with Gasteiger partial charge in [-0.3, -0.25) is 4.90 Å². The molecule has 3 aromatic rings. The van der Waals surface area contributed by atoms with Crippen molar-refractivity contribution < 1.29 is 5.11 Å². The Labute approximate surface area is 159 Å². The molecule has 0 spiro atoms. The second-order valence-electron chi connectivity index (χ2n) is 7.28. The van der Waals surface area contributed by atoms with Gasteiger partial charge in [0, 0.05) is 12.6 Å². The lowest BCUT2D eigenvalue weighted by molar-refractivity contribution is 0.118. The summed E-state index contributed by atoms with van der Waals surface area (Å²) in [6, 6.07) is 16.8. The molecule has 27 heavy (non-hydrogen) atoms. The predicted molar refractivity (Wildman–Crippen MR) is 103 cm³/mol. The maximum absolute atomic E-state index is 9.90. The molecule has 0 bridgehead atoms. The van der Waals surface area contributed by atoms with E-state index in [1.54, 1.807) is 0 Å². The van der Waals surface area contributed by atoms with Crippen LogP contribution in [0.15, 0.2) is 48.5 Å². The van der Waals surface area contributed by atoms with Crippen molar-refractivity contribution in [3.8, 4) is 5.69 Å². The Morgan fingerprint density at radius 3 is 2.44 bits per heavy atom. The molecule has 2 heterocycles. The molecule has 0 saturated carbocycles. The summed E-state index contributed by atoms with van der Waals surface area (Å²) in [7, 11) is 0. The molecule has 140 valence electrons. The van der Waals surface area contributed by atoms with E-state index < -0.39 is 0 Å². The number of para-hydroxylation sites is 1. The summed E-state index contributed by atoms with van der Waals surface area (Å²) < 4.78 is 1.88. The van der Waals surface area contributed by atoms with Crippen LogP contribution in [0.2, 0.25) is 0 Å². The highest BCUT2D eigenvalue weighted by molar-refractivity contribution is 5.46. The van der Waals surface area contributed by atoms with Crippen LogP contribution < -0.4 is 0 Å². The van der Waals surface area contributed by atoms with Crippen molar-refractivity contribution in [2.75, 3.05) is 6.61 Å². The van der Waals surface area contributed by atoms with Crippen LogP contribution in [0.4, 0.5) is 0 Å². The molecule has 2 atom stereocenters. The quantitative estimate of drug-likeness (QED) is 0.755. The summed E-state index contributed by atoms with van der Waals surface area (Å²) in [5.41, 5.74) is 4.57. The molecule has 1 saturated heterocycles. The summed E-state index contributed by atoms with van der Waals surface area (Å²) in [5, 5.41) is 22.6. The van der Waals surface area contributed by atoms with E-state index in [1.165, 1.54) is 5.56 Å². The molecule has 6 nitrogen and oxygen atoms in total. The first-order valence-corrected chi connectivity index (χ1v) is 9.44. The first-order valence-electron chi connectivity index (χ1n) is 9.44. The number of tetrazole rings is 1. The molecule has 2 aromatic carbocycles. The molecular formula is C21H25N5O. The molecule has 4 rings (SSSR count). The fourth-order valence-electron chi connectivity index (χ4n) is 4.14. The topological polar surface area (TPSA) is 67.1 Å². The maximum Gasteiger partial charge on any atom is 0.173 e. The van der Waals surface area contributed by atoms with Crippen molar-refractivity contribution in [2.24, 2.45) is 0 Å². The molecule has 6 heteroatoms. The third-order valence-corrected chi connectivity index (χ3v) is 5.50. The van der Waals surface area contributed by atoms with Crippen LogP contribution in [0.5, 0.6) is 0 Å². The smallest absolute Gasteiger partial charge is 0.173 e. The van der Waals surface area contributed by atoms with Crippen LogP contribution in [-0.4, -0.2) is 42.9 Å². The van der Waals surface area contributed by atoms with Gasteiger partial charge in [-0.1, -0.05) is 48.5 Å². The molecule has 1 fully saturated rings. The van der Waals surface area contributed by atoms with Crippen molar-refractivity contribution in [3.05, 3.63) is 71.0 Å². The third-order valence-electron chi connectivity index (χ3n) is 5.50. The second-order valence-corrected chi connectivity index (χ2v) is 7.28. The van der Waals surface area contributed by atoms with Crippen molar-refractivity contribution in [3.63, 3.8) is 0 Å². The van der Waals surface area contributed by atoms with E-state index in [0.29, 0.717) is 0 Å². The number of nitrogens with zero attached hydrogens (tertiary/aromatic N) is 5. The van der Waals surface area contributed by atoms with Crippen LogP contribution in [0.25, 0.3) is 5.69 Å². The van der Waals surface area contributed by atoms with E-state index in [9.17, 15) is 5.11 Å². The first kappa shape index (κ1) is 17.8. The van der Waals surface area contributed by atoms with Gasteiger partial charge in [-0.05, 0) is 53.8 Å². The summed E-state index contributed by atoms with van der Waals surface area (Å²) in [6.45, 7) is 5.09. The largest absolute Gasteiger partial charge is 0.395 e. The highest BCUT2D eigenvalue weighted by Crippen LogP contribution is 2.37. The fraction of sp³-hybridized carbons (Fsp3) is 0.381. The Bertz CT molecular complexity index is 888. The molecule has 0 radical (unpaired) electrons. The van der Waals surface area contributed by atoms with Gasteiger partial charge in [-0.25, -0.2) is 0 Å². The minimum absolute atomic E-state index is 0.0800. The molecule has 0 aliphatic carbocycles. The zero-order chi connectivity index (χ0) is 18.8. The molecule has 1 aliphatic heterocycles. The number of hydrogen-bond acceptors (Lipinski definition) is 5. The molecule has 1 aromatic heterocycles. The average molecular weight is 363 g/mol. The first-order chi connectivity index (χ1) is 13.2. The summed E-state index contributed by atoms with van der Waals surface area (Å²) in [6.07, 6.45) is 1.87. The van der Waals surface area contributed by atoms with Gasteiger partial charge in [0.05, 0.1) is 18.3 Å². The van der Waals surface area contributed by atoms with Crippen LogP contribution in [0.3, 0.4) is 0 Å². The Balaban J connectivity index is 1.71. The number of likely N-dealkylation sites (tertiary alicyclic amines) is 1. The fourth-order valence-corrected chi connectivity index (χ4v) is 4.14. The average Bonchev–Trinajstić information content (AvgIpc) is 3.29. The van der Waals surface area contributed by atoms with Crippen molar-refractivity contribution >= 4 is 0 Å². The summed E-state index contributed by atoms with van der Waals surface area (Å²) in [4.78, 5) is 2.34. The molecular weight excluding hydrogens is 338 g/mol. The number of aromatic nitrogens is 4. The van der Waals surface area contributed by atoms with Gasteiger partial charge in [0.15, 0.2) is 5.82 Å². The zero-order valence-electron chi connectivity index (χ0n) is 15.8. The van der Waals surface area contributed by atoms with Crippen molar-refractivity contribution in [1.82, 2.24) is 25.1 Å². The second kappa shape index (κ2) is 7.58. The predicted octanol–water partition coefficient (Wildman–Crippen LogP) is 2.98. The van der Waals surface area contributed by atoms with E-state index in [4.69, 9.17) is 0 Å². The minimum Gasteiger partial charge on any atom is -0.395 e. The van der Waals surface area contributed by atoms with E-state index in [1.807, 2.05) is 10.7 Å². The number of aliphatic hydroxyl groups is 1. The van der Waals surface area contributed by atoms with Gasteiger partial charge in [-0.15, -0.1) is 5.10 Å². The number of benzene rings is 2. The van der Waals surface area contributed by atoms with E-state index >= 15 is 0 Å². The van der Waals surface area contributed by atoms with Crippen LogP contribution >= 0.6 is 0 Å². The van der Waals surface area contributed by atoms with Gasteiger partial charge in [0.1, 0.15) is 0 Å². The minimum atomic E-state index is 0.0800. The normalized spacial score (nSPS) is 20.3. The number of hydrogen-bond donors (Lipinski definition) is 1. The Kier molecular flexibility index (Phi) is 5.01. The molecule has 1 N–H and O–H groups in total. The lowest BCUT2D eigenvalue weighted by Gasteiger charge is -2.29. The van der Waals surface area contributed by atoms with Crippen molar-refractivity contribution in [1.29, 1.82) is 0 Å². The zero-order valence-corrected chi connectivity index (χ0v) is 15.8. The maximum atomic E-state index is 9.90. The lowest BCUT2D eigenvalue weighted by Crippen LogP contribution is -2.34. The van der Waals surface area contributed by atoms with Crippen LogP contribution in [-0.2, 0) is 6.54 Å². The molecule has 0 amide bonds. The number of aliphatic hydroxyl groups excluding tert-OH is 1. The van der Waals surface area contributed by atoms with Gasteiger partial charge in [0.2, 0.25) is 0 Å². The number of rotatable bonds is 5. The Hall–Kier alpha value is -2.57. The van der Waals surface area contributed by atoms with Crippen LogP contribution in [0.1, 0.15) is 41.4 Å². The van der Waals surface area contributed by atoms with Gasteiger partial charge in [-0.2, -0.15) is 4.68 Å². The van der Waals surface area contributed by atoms with E-state index in [2.05, 4.69) is 76.7 Å². The monoisotopic (exact) mass is 363 g/mol. The summed E-state index contributed by atoms with van der Waals surface area (Å²) in [5.74, 6) is 0.847. The molecule has 0 unspecified atom stereocenters. The van der Waals surface area contributed by atoms with E-state index in [-0.39, 0.29) is 18.7 Å². The summed E-state index contributed by atoms with van der Waals surface area (Å²) >= 11 is 0. The Morgan fingerprint density at radius 1 is 1.00 bits per heavy atom. The molecule has 1 aliphatic rings. The van der Waals surface area contributed by atoms with Gasteiger partial charge < -0.3 is 5.11 Å². The third kappa shape index (κ3) is 3.38. The highest BCUT2D eigenvalue weighted by atomic mass is 16.3. The van der Waals surface area contributed by atoms with Crippen molar-refractivity contribution in [2.45, 2.75) is 45.3 Å². The highest BCUT2D eigenvalue weighted by Gasteiger charge is 2.37. The Morgan fingerprint density at radius 2 is 1.74 bits per heavy atom. The van der Waals surface area contributed by atoms with Gasteiger partial charge in [0.25, 0.3) is 0 Å². The standard InChI is InChI=1S/C21H25N5O/c1-15-7-6-8-16(2)20(15)26-21(22-23-24-26)19-12-11-18(14-27)25(19)13-17-9-4-3-5-10-17/h3-10,18-19,27H,11-14H2,1-2H3/t18-,19-/m0/s1.